The maximum absolute atomic E-state index is 12.8. The number of hydrogen-bond acceptors (Lipinski definition) is 4. The zero-order chi connectivity index (χ0) is 13.0. The molecule has 1 aliphatic heterocycles. The predicted molar refractivity (Wildman–Crippen MR) is 61.5 cm³/mol. The molecule has 0 saturated carbocycles. The first kappa shape index (κ1) is 12.9. The molecule has 2 rings (SSSR count). The molecule has 1 aromatic rings. The second-order valence-corrected chi connectivity index (χ2v) is 4.39. The van der Waals surface area contributed by atoms with Crippen molar-refractivity contribution in [1.82, 2.24) is 10.3 Å². The highest BCUT2D eigenvalue weighted by atomic mass is 19.1. The van der Waals surface area contributed by atoms with Gasteiger partial charge in [-0.15, -0.1) is 0 Å². The van der Waals surface area contributed by atoms with Crippen LogP contribution in [0.15, 0.2) is 18.3 Å². The van der Waals surface area contributed by atoms with Crippen LogP contribution >= 0.6 is 0 Å². The Bertz CT molecular complexity index is 433. The minimum absolute atomic E-state index is 0.138. The third-order valence-electron chi connectivity index (χ3n) is 2.99. The van der Waals surface area contributed by atoms with Gasteiger partial charge in [0.25, 0.3) is 5.91 Å². The number of pyridine rings is 1. The molecule has 2 heterocycles. The van der Waals surface area contributed by atoms with Gasteiger partial charge in [0.05, 0.1) is 5.60 Å². The Morgan fingerprint density at radius 1 is 1.56 bits per heavy atom. The molecule has 1 saturated heterocycles. The van der Waals surface area contributed by atoms with Crippen LogP contribution in [0.4, 0.5) is 4.39 Å². The second kappa shape index (κ2) is 5.41. The van der Waals surface area contributed by atoms with E-state index in [4.69, 9.17) is 4.74 Å². The van der Waals surface area contributed by atoms with Gasteiger partial charge < -0.3 is 15.2 Å². The number of amides is 1. The lowest BCUT2D eigenvalue weighted by Crippen LogP contribution is -2.46. The maximum Gasteiger partial charge on any atom is 0.251 e. The van der Waals surface area contributed by atoms with Gasteiger partial charge in [-0.05, 0) is 6.07 Å². The number of hydrogen-bond donors (Lipinski definition) is 2. The van der Waals surface area contributed by atoms with Crippen molar-refractivity contribution in [1.29, 1.82) is 0 Å². The molecule has 0 radical (unpaired) electrons. The lowest BCUT2D eigenvalue weighted by Gasteiger charge is -2.32. The third-order valence-corrected chi connectivity index (χ3v) is 2.99. The van der Waals surface area contributed by atoms with E-state index in [9.17, 15) is 14.3 Å². The van der Waals surface area contributed by atoms with Gasteiger partial charge in [0.15, 0.2) is 0 Å². The standard InChI is InChI=1S/C12H15FN2O3/c13-10-7-9(1-4-14-10)11(16)15-8-12(17)2-5-18-6-3-12/h1,4,7,17H,2-3,5-6,8H2,(H,15,16). The molecule has 5 nitrogen and oxygen atoms in total. The number of halogens is 1. The summed E-state index contributed by atoms with van der Waals surface area (Å²) in [5.74, 6) is -1.12. The van der Waals surface area contributed by atoms with Crippen molar-refractivity contribution in [3.8, 4) is 0 Å². The summed E-state index contributed by atoms with van der Waals surface area (Å²) in [5, 5.41) is 12.7. The van der Waals surface area contributed by atoms with Gasteiger partial charge in [-0.2, -0.15) is 4.39 Å². The molecule has 2 N–H and O–H groups in total. The van der Waals surface area contributed by atoms with Crippen molar-refractivity contribution < 1.29 is 19.0 Å². The Morgan fingerprint density at radius 2 is 2.28 bits per heavy atom. The monoisotopic (exact) mass is 254 g/mol. The SMILES string of the molecule is O=C(NCC1(O)CCOCC1)c1ccnc(F)c1. The smallest absolute Gasteiger partial charge is 0.251 e. The summed E-state index contributed by atoms with van der Waals surface area (Å²) >= 11 is 0. The molecule has 0 bridgehead atoms. The first-order chi connectivity index (χ1) is 8.59. The Morgan fingerprint density at radius 3 is 2.94 bits per heavy atom. The summed E-state index contributed by atoms with van der Waals surface area (Å²) in [6.07, 6.45) is 2.20. The van der Waals surface area contributed by atoms with Crippen LogP contribution in [0, 0.1) is 5.95 Å². The Hall–Kier alpha value is -1.53. The van der Waals surface area contributed by atoms with E-state index in [-0.39, 0.29) is 12.1 Å². The number of aromatic nitrogens is 1. The van der Waals surface area contributed by atoms with Gasteiger partial charge in [0.1, 0.15) is 0 Å². The lowest BCUT2D eigenvalue weighted by atomic mass is 9.94. The summed E-state index contributed by atoms with van der Waals surface area (Å²) in [4.78, 5) is 15.1. The van der Waals surface area contributed by atoms with Gasteiger partial charge in [-0.25, -0.2) is 4.98 Å². The summed E-state index contributed by atoms with van der Waals surface area (Å²) in [6.45, 7) is 1.10. The normalized spacial score (nSPS) is 18.3. The van der Waals surface area contributed by atoms with E-state index in [2.05, 4.69) is 10.3 Å². The Balaban J connectivity index is 1.92. The molecule has 1 aliphatic rings. The van der Waals surface area contributed by atoms with E-state index in [0.29, 0.717) is 26.1 Å². The minimum Gasteiger partial charge on any atom is -0.388 e. The van der Waals surface area contributed by atoms with E-state index >= 15 is 0 Å². The van der Waals surface area contributed by atoms with Crippen LogP contribution in [0.5, 0.6) is 0 Å². The first-order valence-corrected chi connectivity index (χ1v) is 5.79. The predicted octanol–water partition coefficient (Wildman–Crippen LogP) is 0.492. The number of aliphatic hydroxyl groups is 1. The molecule has 98 valence electrons. The third kappa shape index (κ3) is 3.24. The van der Waals surface area contributed by atoms with E-state index < -0.39 is 17.5 Å². The molecule has 1 aromatic heterocycles. The molecule has 0 unspecified atom stereocenters. The highest BCUT2D eigenvalue weighted by molar-refractivity contribution is 5.94. The largest absolute Gasteiger partial charge is 0.388 e. The van der Waals surface area contributed by atoms with E-state index in [1.807, 2.05) is 0 Å². The first-order valence-electron chi connectivity index (χ1n) is 5.79. The zero-order valence-corrected chi connectivity index (χ0v) is 9.86. The molecular formula is C12H15FN2O3. The fraction of sp³-hybridized carbons (Fsp3) is 0.500. The van der Waals surface area contributed by atoms with Crippen molar-refractivity contribution in [3.05, 3.63) is 29.8 Å². The average Bonchev–Trinajstić information content (AvgIpc) is 2.37. The lowest BCUT2D eigenvalue weighted by molar-refractivity contribution is -0.0605. The van der Waals surface area contributed by atoms with Crippen molar-refractivity contribution in [2.24, 2.45) is 0 Å². The van der Waals surface area contributed by atoms with Gasteiger partial charge in [0, 0.05) is 50.4 Å². The number of carbonyl (C=O) groups excluding carboxylic acids is 1. The van der Waals surface area contributed by atoms with Crippen LogP contribution in [0.3, 0.4) is 0 Å². The summed E-state index contributed by atoms with van der Waals surface area (Å²) in [5.41, 5.74) is -0.738. The quantitative estimate of drug-likeness (QED) is 0.770. The summed E-state index contributed by atoms with van der Waals surface area (Å²) < 4.78 is 18.0. The highest BCUT2D eigenvalue weighted by Gasteiger charge is 2.30. The van der Waals surface area contributed by atoms with Crippen molar-refractivity contribution >= 4 is 5.91 Å². The van der Waals surface area contributed by atoms with Crippen molar-refractivity contribution in [2.45, 2.75) is 18.4 Å². The Labute approximate surface area is 104 Å². The molecular weight excluding hydrogens is 239 g/mol. The number of rotatable bonds is 3. The number of carbonyl (C=O) groups is 1. The van der Waals surface area contributed by atoms with Crippen LogP contribution in [-0.4, -0.2) is 41.4 Å². The van der Waals surface area contributed by atoms with E-state index in [1.165, 1.54) is 12.3 Å². The molecule has 0 spiro atoms. The molecule has 18 heavy (non-hydrogen) atoms. The van der Waals surface area contributed by atoms with Gasteiger partial charge in [-0.1, -0.05) is 0 Å². The fourth-order valence-electron chi connectivity index (χ4n) is 1.82. The second-order valence-electron chi connectivity index (χ2n) is 4.39. The maximum atomic E-state index is 12.8. The fourth-order valence-corrected chi connectivity index (χ4v) is 1.82. The van der Waals surface area contributed by atoms with Crippen LogP contribution in [0.1, 0.15) is 23.2 Å². The minimum atomic E-state index is -0.931. The molecule has 0 aromatic carbocycles. The van der Waals surface area contributed by atoms with Gasteiger partial charge in [-0.3, -0.25) is 4.79 Å². The summed E-state index contributed by atoms with van der Waals surface area (Å²) in [6, 6.07) is 2.48. The van der Waals surface area contributed by atoms with E-state index in [1.54, 1.807) is 0 Å². The van der Waals surface area contributed by atoms with Crippen LogP contribution < -0.4 is 5.32 Å². The van der Waals surface area contributed by atoms with Crippen molar-refractivity contribution in [3.63, 3.8) is 0 Å². The Kier molecular flexibility index (Phi) is 3.88. The average molecular weight is 254 g/mol. The van der Waals surface area contributed by atoms with Gasteiger partial charge >= 0.3 is 0 Å². The van der Waals surface area contributed by atoms with E-state index in [0.717, 1.165) is 6.07 Å². The summed E-state index contributed by atoms with van der Waals surface area (Å²) in [7, 11) is 0. The van der Waals surface area contributed by atoms with Crippen LogP contribution in [0.25, 0.3) is 0 Å². The topological polar surface area (TPSA) is 71.5 Å². The van der Waals surface area contributed by atoms with Crippen LogP contribution in [-0.2, 0) is 4.74 Å². The number of ether oxygens (including phenoxy) is 1. The van der Waals surface area contributed by atoms with Gasteiger partial charge in [0.2, 0.25) is 5.95 Å². The number of nitrogens with one attached hydrogen (secondary N) is 1. The highest BCUT2D eigenvalue weighted by Crippen LogP contribution is 2.19. The molecule has 6 heteroatoms. The van der Waals surface area contributed by atoms with Crippen LogP contribution in [0.2, 0.25) is 0 Å². The molecule has 0 atom stereocenters. The molecule has 1 amide bonds. The number of nitrogens with zero attached hydrogens (tertiary/aromatic N) is 1. The molecule has 1 fully saturated rings. The van der Waals surface area contributed by atoms with Crippen molar-refractivity contribution in [2.75, 3.05) is 19.8 Å². The molecule has 0 aliphatic carbocycles. The zero-order valence-electron chi connectivity index (χ0n) is 9.86.